The number of hydrogen-bond acceptors (Lipinski definition) is 4. The highest BCUT2D eigenvalue weighted by Gasteiger charge is 2.23. The zero-order chi connectivity index (χ0) is 19.0. The van der Waals surface area contributed by atoms with E-state index in [2.05, 4.69) is 17.6 Å². The van der Waals surface area contributed by atoms with E-state index in [0.29, 0.717) is 17.1 Å². The monoisotopic (exact) mass is 364 g/mol. The average molecular weight is 364 g/mol. The lowest BCUT2D eigenvalue weighted by Crippen LogP contribution is -2.34. The molecule has 1 aromatic heterocycles. The maximum atomic E-state index is 12.5. The predicted octanol–water partition coefficient (Wildman–Crippen LogP) is 3.90. The summed E-state index contributed by atoms with van der Waals surface area (Å²) in [6.07, 6.45) is 2.24. The smallest absolute Gasteiger partial charge is 0.265 e. The van der Waals surface area contributed by atoms with E-state index in [0.717, 1.165) is 23.0 Å². The van der Waals surface area contributed by atoms with Crippen molar-refractivity contribution in [1.29, 1.82) is 0 Å². The summed E-state index contributed by atoms with van der Waals surface area (Å²) in [5.74, 6) is 0.226. The van der Waals surface area contributed by atoms with E-state index in [9.17, 15) is 9.59 Å². The Balaban J connectivity index is 1.49. The van der Waals surface area contributed by atoms with Crippen molar-refractivity contribution in [3.8, 4) is 5.75 Å². The fraction of sp³-hybridized carbons (Fsp3) is 0.238. The van der Waals surface area contributed by atoms with Gasteiger partial charge in [-0.15, -0.1) is 0 Å². The molecule has 0 bridgehead atoms. The minimum atomic E-state index is -0.527. The lowest BCUT2D eigenvalue weighted by atomic mass is 10.1. The van der Waals surface area contributed by atoms with Gasteiger partial charge in [0.2, 0.25) is 5.91 Å². The first-order valence-electron chi connectivity index (χ1n) is 8.94. The number of benzene rings is 2. The van der Waals surface area contributed by atoms with E-state index >= 15 is 0 Å². The van der Waals surface area contributed by atoms with Crippen LogP contribution in [0.4, 0.5) is 11.4 Å². The van der Waals surface area contributed by atoms with Crippen LogP contribution in [0.2, 0.25) is 0 Å². The van der Waals surface area contributed by atoms with Crippen molar-refractivity contribution in [2.75, 3.05) is 10.6 Å². The summed E-state index contributed by atoms with van der Waals surface area (Å²) in [7, 11) is 0. The molecule has 6 heteroatoms. The third-order valence-corrected chi connectivity index (χ3v) is 4.67. The summed E-state index contributed by atoms with van der Waals surface area (Å²) in [6.45, 7) is 3.78. The molecule has 2 N–H and O–H groups in total. The van der Waals surface area contributed by atoms with Crippen LogP contribution in [0.15, 0.2) is 47.1 Å². The van der Waals surface area contributed by atoms with Gasteiger partial charge in [0.1, 0.15) is 11.3 Å². The number of hydrogen-bond donors (Lipinski definition) is 2. The number of furan rings is 1. The molecule has 0 radical (unpaired) electrons. The second-order valence-electron chi connectivity index (χ2n) is 6.63. The quantitative estimate of drug-likeness (QED) is 0.736. The van der Waals surface area contributed by atoms with Crippen molar-refractivity contribution in [1.82, 2.24) is 0 Å². The molecule has 2 heterocycles. The van der Waals surface area contributed by atoms with Gasteiger partial charge in [-0.2, -0.15) is 0 Å². The Morgan fingerprint density at radius 1 is 1.22 bits per heavy atom. The van der Waals surface area contributed by atoms with Crippen molar-refractivity contribution in [3.05, 3.63) is 53.8 Å². The maximum absolute atomic E-state index is 12.5. The molecule has 2 aromatic carbocycles. The zero-order valence-corrected chi connectivity index (χ0v) is 15.2. The van der Waals surface area contributed by atoms with Gasteiger partial charge in [0, 0.05) is 16.6 Å². The second-order valence-corrected chi connectivity index (χ2v) is 6.63. The molecule has 0 saturated heterocycles. The number of amides is 2. The molecular formula is C21H20N2O4. The number of carbonyl (C=O) groups excluding carboxylic acids is 2. The van der Waals surface area contributed by atoms with E-state index in [4.69, 9.17) is 9.15 Å². The third kappa shape index (κ3) is 3.38. The Morgan fingerprint density at radius 2 is 2.07 bits per heavy atom. The minimum Gasteiger partial charge on any atom is -0.479 e. The molecule has 0 fully saturated rings. The highest BCUT2D eigenvalue weighted by molar-refractivity contribution is 6.00. The Labute approximate surface area is 156 Å². The molecule has 138 valence electrons. The van der Waals surface area contributed by atoms with Crippen LogP contribution in [0.25, 0.3) is 11.0 Å². The SMILES string of the molecule is CCc1ccc2c(CC(=O)Nc3ccc4c(c3)NC(=O)[C@H](C)O4)coc2c1. The van der Waals surface area contributed by atoms with Crippen LogP contribution in [0.3, 0.4) is 0 Å². The van der Waals surface area contributed by atoms with Crippen molar-refractivity contribution >= 4 is 34.2 Å². The number of rotatable bonds is 4. The largest absolute Gasteiger partial charge is 0.479 e. The number of ether oxygens (including phenoxy) is 1. The van der Waals surface area contributed by atoms with E-state index in [1.807, 2.05) is 18.2 Å². The normalized spacial score (nSPS) is 15.8. The number of nitrogens with one attached hydrogen (secondary N) is 2. The minimum absolute atomic E-state index is 0.159. The van der Waals surface area contributed by atoms with E-state index in [-0.39, 0.29) is 18.2 Å². The van der Waals surface area contributed by atoms with Crippen LogP contribution < -0.4 is 15.4 Å². The first-order valence-corrected chi connectivity index (χ1v) is 8.94. The third-order valence-electron chi connectivity index (χ3n) is 4.67. The standard InChI is InChI=1S/C21H20N2O4/c1-3-13-4-6-16-14(11-26-19(16)8-13)9-20(24)22-15-5-7-18-17(10-15)23-21(25)12(2)27-18/h4-8,10-12H,3,9H2,1-2H3,(H,22,24)(H,23,25)/t12-/m0/s1. The summed E-state index contributed by atoms with van der Waals surface area (Å²) in [5.41, 5.74) is 3.98. The zero-order valence-electron chi connectivity index (χ0n) is 15.2. The van der Waals surface area contributed by atoms with Crippen LogP contribution in [-0.2, 0) is 22.4 Å². The van der Waals surface area contributed by atoms with Crippen molar-refractivity contribution in [2.24, 2.45) is 0 Å². The summed E-state index contributed by atoms with van der Waals surface area (Å²) in [6, 6.07) is 11.2. The van der Waals surface area contributed by atoms with Gasteiger partial charge in [0.15, 0.2) is 6.10 Å². The van der Waals surface area contributed by atoms with Gasteiger partial charge in [-0.3, -0.25) is 9.59 Å². The lowest BCUT2D eigenvalue weighted by molar-refractivity contribution is -0.122. The fourth-order valence-corrected chi connectivity index (χ4v) is 3.15. The van der Waals surface area contributed by atoms with Gasteiger partial charge in [-0.1, -0.05) is 19.1 Å². The lowest BCUT2D eigenvalue weighted by Gasteiger charge is -2.23. The number of carbonyl (C=O) groups is 2. The van der Waals surface area contributed by atoms with Gasteiger partial charge >= 0.3 is 0 Å². The first-order chi connectivity index (χ1) is 13.0. The van der Waals surface area contributed by atoms with Crippen LogP contribution in [0.1, 0.15) is 25.0 Å². The second kappa shape index (κ2) is 6.79. The highest BCUT2D eigenvalue weighted by atomic mass is 16.5. The summed E-state index contributed by atoms with van der Waals surface area (Å²) in [4.78, 5) is 24.2. The molecule has 0 spiro atoms. The molecule has 1 atom stereocenters. The number of aryl methyl sites for hydroxylation is 1. The van der Waals surface area contributed by atoms with Gasteiger partial charge in [-0.05, 0) is 43.2 Å². The summed E-state index contributed by atoms with van der Waals surface area (Å²) < 4.78 is 11.1. The van der Waals surface area contributed by atoms with E-state index < -0.39 is 6.10 Å². The first kappa shape index (κ1) is 17.1. The van der Waals surface area contributed by atoms with Gasteiger partial charge in [-0.25, -0.2) is 0 Å². The van der Waals surface area contributed by atoms with E-state index in [1.165, 1.54) is 5.56 Å². The van der Waals surface area contributed by atoms with Crippen molar-refractivity contribution in [3.63, 3.8) is 0 Å². The molecule has 6 nitrogen and oxygen atoms in total. The molecule has 27 heavy (non-hydrogen) atoms. The Bertz CT molecular complexity index is 1040. The van der Waals surface area contributed by atoms with Gasteiger partial charge < -0.3 is 19.8 Å². The topological polar surface area (TPSA) is 80.6 Å². The molecule has 4 rings (SSSR count). The molecule has 2 amide bonds. The molecule has 0 unspecified atom stereocenters. The average Bonchev–Trinajstić information content (AvgIpc) is 3.04. The van der Waals surface area contributed by atoms with Crippen LogP contribution in [-0.4, -0.2) is 17.9 Å². The maximum Gasteiger partial charge on any atom is 0.265 e. The summed E-state index contributed by atoms with van der Waals surface area (Å²) >= 11 is 0. The molecule has 0 saturated carbocycles. The van der Waals surface area contributed by atoms with Crippen molar-refractivity contribution in [2.45, 2.75) is 32.8 Å². The van der Waals surface area contributed by atoms with E-state index in [1.54, 1.807) is 31.4 Å². The van der Waals surface area contributed by atoms with Gasteiger partial charge in [0.05, 0.1) is 18.4 Å². The van der Waals surface area contributed by atoms with Crippen LogP contribution in [0.5, 0.6) is 5.75 Å². The van der Waals surface area contributed by atoms with Crippen LogP contribution in [0, 0.1) is 0 Å². The molecule has 0 aliphatic carbocycles. The van der Waals surface area contributed by atoms with Crippen LogP contribution >= 0.6 is 0 Å². The molecule has 3 aromatic rings. The molecule has 1 aliphatic heterocycles. The Kier molecular flexibility index (Phi) is 4.32. The Hall–Kier alpha value is -3.28. The highest BCUT2D eigenvalue weighted by Crippen LogP contribution is 2.32. The molecule has 1 aliphatic rings. The fourth-order valence-electron chi connectivity index (χ4n) is 3.15. The van der Waals surface area contributed by atoms with Gasteiger partial charge in [0.25, 0.3) is 5.91 Å². The Morgan fingerprint density at radius 3 is 2.89 bits per heavy atom. The number of anilines is 2. The van der Waals surface area contributed by atoms with Crippen molar-refractivity contribution < 1.29 is 18.7 Å². The molecular weight excluding hydrogens is 344 g/mol. The number of fused-ring (bicyclic) bond motifs is 2. The summed E-state index contributed by atoms with van der Waals surface area (Å²) in [5, 5.41) is 6.58. The predicted molar refractivity (Wildman–Crippen MR) is 103 cm³/mol.